The third-order valence-electron chi connectivity index (χ3n) is 4.05. The summed E-state index contributed by atoms with van der Waals surface area (Å²) < 4.78 is 1.52. The van der Waals surface area contributed by atoms with Gasteiger partial charge in [-0.3, -0.25) is 14.3 Å². The largest absolute Gasteiger partial charge is 0.328 e. The molecule has 1 saturated carbocycles. The van der Waals surface area contributed by atoms with Gasteiger partial charge >= 0.3 is 5.69 Å². The smallest absolute Gasteiger partial charge is 0.296 e. The molecule has 1 heterocycles. The average Bonchev–Trinajstić information content (AvgIpc) is 2.33. The molecule has 1 aromatic heterocycles. The van der Waals surface area contributed by atoms with E-state index < -0.39 is 11.2 Å². The van der Waals surface area contributed by atoms with Crippen LogP contribution < -0.4 is 11.2 Å². The Hall–Kier alpha value is -1.83. The second kappa shape index (κ2) is 4.81. The van der Waals surface area contributed by atoms with Gasteiger partial charge < -0.3 is 0 Å². The molecule has 2 rings (SSSR count). The van der Waals surface area contributed by atoms with E-state index in [9.17, 15) is 9.59 Å². The van der Waals surface area contributed by atoms with Gasteiger partial charge in [0.25, 0.3) is 5.56 Å². The first-order chi connectivity index (χ1) is 8.52. The molecule has 96 valence electrons. The number of aromatic nitrogens is 2. The normalized spacial score (nSPS) is 27.7. The van der Waals surface area contributed by atoms with E-state index in [1.807, 2.05) is 6.07 Å². The second-order valence-corrected chi connectivity index (χ2v) is 5.24. The average molecular weight is 247 g/mol. The van der Waals surface area contributed by atoms with Gasteiger partial charge in [0.05, 0.1) is 0 Å². The van der Waals surface area contributed by atoms with Gasteiger partial charge in [0.15, 0.2) is 0 Å². The number of hydrogen-bond acceptors (Lipinski definition) is 3. The Bertz CT molecular complexity index is 593. The third-order valence-corrected chi connectivity index (χ3v) is 4.05. The van der Waals surface area contributed by atoms with E-state index in [-0.39, 0.29) is 11.6 Å². The Labute approximate surface area is 105 Å². The Morgan fingerprint density at radius 1 is 1.33 bits per heavy atom. The summed E-state index contributed by atoms with van der Waals surface area (Å²) in [5.41, 5.74) is -1.01. The van der Waals surface area contributed by atoms with E-state index in [1.165, 1.54) is 10.8 Å². The van der Waals surface area contributed by atoms with Crippen molar-refractivity contribution in [1.29, 1.82) is 5.26 Å². The van der Waals surface area contributed by atoms with Crippen LogP contribution in [0, 0.1) is 23.2 Å². The fourth-order valence-corrected chi connectivity index (χ4v) is 2.61. The first kappa shape index (κ1) is 12.6. The van der Waals surface area contributed by atoms with Gasteiger partial charge in [0.1, 0.15) is 11.6 Å². The zero-order chi connectivity index (χ0) is 13.3. The van der Waals surface area contributed by atoms with E-state index in [0.29, 0.717) is 11.8 Å². The molecular weight excluding hydrogens is 230 g/mol. The van der Waals surface area contributed by atoms with E-state index in [4.69, 9.17) is 5.26 Å². The van der Waals surface area contributed by atoms with E-state index in [0.717, 1.165) is 19.3 Å². The number of aromatic amines is 1. The van der Waals surface area contributed by atoms with Crippen LogP contribution in [0.4, 0.5) is 0 Å². The van der Waals surface area contributed by atoms with Crippen LogP contribution >= 0.6 is 0 Å². The van der Waals surface area contributed by atoms with Crippen LogP contribution in [0.2, 0.25) is 0 Å². The summed E-state index contributed by atoms with van der Waals surface area (Å²) in [4.78, 5) is 25.3. The lowest BCUT2D eigenvalue weighted by molar-refractivity contribution is 0.206. The van der Waals surface area contributed by atoms with Crippen LogP contribution in [0.15, 0.2) is 15.8 Å². The maximum absolute atomic E-state index is 11.8. The molecule has 18 heavy (non-hydrogen) atoms. The minimum absolute atomic E-state index is 0.000810. The quantitative estimate of drug-likeness (QED) is 0.814. The molecular formula is C13H17N3O2. The highest BCUT2D eigenvalue weighted by molar-refractivity contribution is 5.21. The van der Waals surface area contributed by atoms with Gasteiger partial charge in [-0.25, -0.2) is 4.79 Å². The fraction of sp³-hybridized carbons (Fsp3) is 0.615. The van der Waals surface area contributed by atoms with Crippen LogP contribution in [-0.4, -0.2) is 9.55 Å². The van der Waals surface area contributed by atoms with Crippen molar-refractivity contribution in [2.24, 2.45) is 11.8 Å². The van der Waals surface area contributed by atoms with Crippen LogP contribution in [0.1, 0.15) is 44.7 Å². The number of nitrogens with zero attached hydrogens (tertiary/aromatic N) is 2. The summed E-state index contributed by atoms with van der Waals surface area (Å²) in [5.74, 6) is 1.21. The SMILES string of the molecule is CC1CCC(n2cc(C#N)c(=O)[nH]c2=O)CC1C. The molecule has 3 unspecified atom stereocenters. The van der Waals surface area contributed by atoms with Crippen molar-refractivity contribution in [3.63, 3.8) is 0 Å². The zero-order valence-corrected chi connectivity index (χ0v) is 10.6. The minimum atomic E-state index is -0.601. The summed E-state index contributed by atoms with van der Waals surface area (Å²) in [6.07, 6.45) is 4.30. The van der Waals surface area contributed by atoms with Crippen LogP contribution in [-0.2, 0) is 0 Å². The Balaban J connectivity index is 2.38. The highest BCUT2D eigenvalue weighted by Gasteiger charge is 2.26. The number of rotatable bonds is 1. The predicted molar refractivity (Wildman–Crippen MR) is 67.3 cm³/mol. The first-order valence-corrected chi connectivity index (χ1v) is 6.28. The van der Waals surface area contributed by atoms with Crippen molar-refractivity contribution < 1.29 is 0 Å². The molecule has 5 nitrogen and oxygen atoms in total. The monoisotopic (exact) mass is 247 g/mol. The summed E-state index contributed by atoms with van der Waals surface area (Å²) in [5, 5.41) is 8.84. The fourth-order valence-electron chi connectivity index (χ4n) is 2.61. The summed E-state index contributed by atoms with van der Waals surface area (Å²) >= 11 is 0. The van der Waals surface area contributed by atoms with E-state index >= 15 is 0 Å². The highest BCUT2D eigenvalue weighted by Crippen LogP contribution is 2.35. The molecule has 0 amide bonds. The molecule has 0 saturated heterocycles. The van der Waals surface area contributed by atoms with Crippen molar-refractivity contribution in [2.75, 3.05) is 0 Å². The number of nitriles is 1. The van der Waals surface area contributed by atoms with Crippen LogP contribution in [0.25, 0.3) is 0 Å². The number of H-pyrrole nitrogens is 1. The lowest BCUT2D eigenvalue weighted by atomic mass is 9.79. The topological polar surface area (TPSA) is 78.7 Å². The molecule has 5 heteroatoms. The van der Waals surface area contributed by atoms with Gasteiger partial charge in [0, 0.05) is 12.2 Å². The summed E-state index contributed by atoms with van der Waals surface area (Å²) in [7, 11) is 0. The standard InChI is InChI=1S/C13H17N3O2/c1-8-3-4-11(5-9(8)2)16-7-10(6-14)12(17)15-13(16)18/h7-9,11H,3-5H2,1-2H3,(H,15,17,18). The van der Waals surface area contributed by atoms with Crippen molar-refractivity contribution >= 4 is 0 Å². The maximum atomic E-state index is 11.8. The molecule has 1 aliphatic carbocycles. The van der Waals surface area contributed by atoms with Crippen LogP contribution in [0.3, 0.4) is 0 Å². The molecule has 1 fully saturated rings. The van der Waals surface area contributed by atoms with Crippen molar-refractivity contribution in [3.8, 4) is 6.07 Å². The molecule has 0 radical (unpaired) electrons. The molecule has 1 aromatic rings. The molecule has 0 spiro atoms. The van der Waals surface area contributed by atoms with E-state index in [1.54, 1.807) is 0 Å². The van der Waals surface area contributed by atoms with Crippen molar-refractivity contribution in [3.05, 3.63) is 32.6 Å². The second-order valence-electron chi connectivity index (χ2n) is 5.24. The van der Waals surface area contributed by atoms with Crippen molar-refractivity contribution in [2.45, 2.75) is 39.2 Å². The lowest BCUT2D eigenvalue weighted by Gasteiger charge is -2.32. The van der Waals surface area contributed by atoms with Crippen molar-refractivity contribution in [1.82, 2.24) is 9.55 Å². The van der Waals surface area contributed by atoms with Crippen LogP contribution in [0.5, 0.6) is 0 Å². The zero-order valence-electron chi connectivity index (χ0n) is 10.6. The first-order valence-electron chi connectivity index (χ1n) is 6.28. The van der Waals surface area contributed by atoms with Gasteiger partial charge in [-0.2, -0.15) is 5.26 Å². The predicted octanol–water partition coefficient (Wildman–Crippen LogP) is 1.41. The molecule has 1 aliphatic rings. The summed E-state index contributed by atoms with van der Waals surface area (Å²) in [6.45, 7) is 4.40. The Kier molecular flexibility index (Phi) is 3.37. The van der Waals surface area contributed by atoms with Gasteiger partial charge in [-0.1, -0.05) is 13.8 Å². The van der Waals surface area contributed by atoms with Gasteiger partial charge in [0.2, 0.25) is 0 Å². The molecule has 3 atom stereocenters. The Morgan fingerprint density at radius 3 is 2.67 bits per heavy atom. The maximum Gasteiger partial charge on any atom is 0.328 e. The molecule has 0 aliphatic heterocycles. The number of hydrogen-bond donors (Lipinski definition) is 1. The third kappa shape index (κ3) is 2.23. The van der Waals surface area contributed by atoms with Gasteiger partial charge in [-0.15, -0.1) is 0 Å². The minimum Gasteiger partial charge on any atom is -0.296 e. The van der Waals surface area contributed by atoms with Gasteiger partial charge in [-0.05, 0) is 31.1 Å². The highest BCUT2D eigenvalue weighted by atomic mass is 16.2. The Morgan fingerprint density at radius 2 is 2.06 bits per heavy atom. The molecule has 1 N–H and O–H groups in total. The number of nitrogens with one attached hydrogen (secondary N) is 1. The van der Waals surface area contributed by atoms with E-state index in [2.05, 4.69) is 18.8 Å². The molecule has 0 aromatic carbocycles. The lowest BCUT2D eigenvalue weighted by Crippen LogP contribution is -2.36. The molecule has 0 bridgehead atoms. The summed E-state index contributed by atoms with van der Waals surface area (Å²) in [6, 6.07) is 1.91.